The van der Waals surface area contributed by atoms with E-state index in [-0.39, 0.29) is 18.4 Å². The average Bonchev–Trinajstić information content (AvgIpc) is 2.38. The van der Waals surface area contributed by atoms with Crippen LogP contribution >= 0.6 is 12.4 Å². The van der Waals surface area contributed by atoms with Crippen LogP contribution < -0.4 is 16.2 Å². The van der Waals surface area contributed by atoms with Crippen molar-refractivity contribution < 1.29 is 4.74 Å². The Morgan fingerprint density at radius 3 is 2.58 bits per heavy atom. The molecule has 5 nitrogen and oxygen atoms in total. The summed E-state index contributed by atoms with van der Waals surface area (Å²) in [6.07, 6.45) is 1.58. The largest absolute Gasteiger partial charge is 0.496 e. The number of guanidine groups is 1. The van der Waals surface area contributed by atoms with E-state index in [4.69, 9.17) is 16.2 Å². The minimum atomic E-state index is -0.0783. The van der Waals surface area contributed by atoms with E-state index in [2.05, 4.69) is 10.2 Å². The van der Waals surface area contributed by atoms with Crippen LogP contribution in [0.2, 0.25) is 0 Å². The Morgan fingerprint density at radius 1 is 1.16 bits per heavy atom. The van der Waals surface area contributed by atoms with E-state index in [0.29, 0.717) is 0 Å². The molecule has 19 heavy (non-hydrogen) atoms. The van der Waals surface area contributed by atoms with Gasteiger partial charge in [0.1, 0.15) is 5.75 Å². The van der Waals surface area contributed by atoms with E-state index in [0.717, 1.165) is 22.1 Å². The second-order valence-corrected chi connectivity index (χ2v) is 3.67. The Hall–Kier alpha value is -2.27. The number of fused-ring (bicyclic) bond motifs is 1. The third-order valence-electron chi connectivity index (χ3n) is 2.51. The highest BCUT2D eigenvalue weighted by Gasteiger charge is 2.05. The van der Waals surface area contributed by atoms with Gasteiger partial charge in [-0.3, -0.25) is 0 Å². The zero-order chi connectivity index (χ0) is 13.0. The van der Waals surface area contributed by atoms with Crippen LogP contribution in [0.4, 0.5) is 0 Å². The molecule has 2 rings (SSSR count). The summed E-state index contributed by atoms with van der Waals surface area (Å²) in [5, 5.41) is 9.56. The number of hydrogen-bond acceptors (Lipinski definition) is 3. The second kappa shape index (κ2) is 6.61. The van der Waals surface area contributed by atoms with E-state index >= 15 is 0 Å². The predicted octanol–water partition coefficient (Wildman–Crippen LogP) is 1.88. The number of methoxy groups -OCH3 is 1. The Morgan fingerprint density at radius 2 is 1.89 bits per heavy atom. The van der Waals surface area contributed by atoms with Gasteiger partial charge in [0, 0.05) is 5.56 Å². The quantitative estimate of drug-likeness (QED) is 0.510. The van der Waals surface area contributed by atoms with Crippen LogP contribution in [0.3, 0.4) is 0 Å². The van der Waals surface area contributed by atoms with Crippen LogP contribution in [0.1, 0.15) is 5.56 Å². The number of nitrogens with zero attached hydrogens (tertiary/aromatic N) is 2. The molecule has 0 aliphatic carbocycles. The fourth-order valence-corrected chi connectivity index (χ4v) is 1.74. The van der Waals surface area contributed by atoms with Crippen molar-refractivity contribution in [2.24, 2.45) is 21.7 Å². The zero-order valence-corrected chi connectivity index (χ0v) is 11.2. The van der Waals surface area contributed by atoms with E-state index in [1.165, 1.54) is 0 Å². The van der Waals surface area contributed by atoms with E-state index in [1.54, 1.807) is 13.3 Å². The van der Waals surface area contributed by atoms with Gasteiger partial charge in [-0.15, -0.1) is 17.5 Å². The van der Waals surface area contributed by atoms with Gasteiger partial charge in [0.15, 0.2) is 0 Å². The monoisotopic (exact) mass is 278 g/mol. The zero-order valence-electron chi connectivity index (χ0n) is 10.4. The molecular weight excluding hydrogens is 264 g/mol. The second-order valence-electron chi connectivity index (χ2n) is 3.67. The number of nitrogens with two attached hydrogens (primary N) is 2. The van der Waals surface area contributed by atoms with E-state index < -0.39 is 0 Å². The topological polar surface area (TPSA) is 86.0 Å². The summed E-state index contributed by atoms with van der Waals surface area (Å²) in [6, 6.07) is 11.8. The molecule has 0 aliphatic heterocycles. The lowest BCUT2D eigenvalue weighted by molar-refractivity contribution is 0.415. The molecular formula is C13H15ClN4O. The highest BCUT2D eigenvalue weighted by molar-refractivity contribution is 6.02. The number of hydrogen-bond donors (Lipinski definition) is 2. The van der Waals surface area contributed by atoms with Crippen molar-refractivity contribution in [2.75, 3.05) is 7.11 Å². The van der Waals surface area contributed by atoms with Gasteiger partial charge in [-0.05, 0) is 16.8 Å². The van der Waals surface area contributed by atoms with Crippen LogP contribution in [0.15, 0.2) is 46.6 Å². The molecule has 100 valence electrons. The van der Waals surface area contributed by atoms with Gasteiger partial charge in [0.2, 0.25) is 5.96 Å². The lowest BCUT2D eigenvalue weighted by atomic mass is 10.0. The van der Waals surface area contributed by atoms with Crippen LogP contribution in [-0.4, -0.2) is 19.3 Å². The molecule has 0 atom stereocenters. The van der Waals surface area contributed by atoms with Crippen molar-refractivity contribution in [3.8, 4) is 5.75 Å². The summed E-state index contributed by atoms with van der Waals surface area (Å²) in [5.74, 6) is 0.647. The van der Waals surface area contributed by atoms with Gasteiger partial charge in [0.05, 0.1) is 13.3 Å². The maximum atomic E-state index is 5.31. The molecule has 4 N–H and O–H groups in total. The molecule has 0 saturated heterocycles. The predicted molar refractivity (Wildman–Crippen MR) is 81.2 cm³/mol. The number of halogens is 1. The maximum Gasteiger partial charge on any atom is 0.211 e. The third kappa shape index (κ3) is 3.35. The fraction of sp³-hybridized carbons (Fsp3) is 0.0769. The molecule has 2 aromatic rings. The molecule has 0 aliphatic rings. The van der Waals surface area contributed by atoms with Crippen molar-refractivity contribution >= 4 is 35.4 Å². The van der Waals surface area contributed by atoms with Gasteiger partial charge in [-0.1, -0.05) is 30.3 Å². The Balaban J connectivity index is 0.00000180. The van der Waals surface area contributed by atoms with Crippen LogP contribution in [0.25, 0.3) is 10.8 Å². The Labute approximate surface area is 117 Å². The number of ether oxygens (including phenoxy) is 1. The van der Waals surface area contributed by atoms with Crippen LogP contribution in [-0.2, 0) is 0 Å². The van der Waals surface area contributed by atoms with E-state index in [1.807, 2.05) is 36.4 Å². The summed E-state index contributed by atoms with van der Waals surface area (Å²) < 4.78 is 5.31. The van der Waals surface area contributed by atoms with Crippen LogP contribution in [0, 0.1) is 0 Å². The van der Waals surface area contributed by atoms with Crippen molar-refractivity contribution in [3.05, 3.63) is 42.0 Å². The van der Waals surface area contributed by atoms with Crippen molar-refractivity contribution in [3.63, 3.8) is 0 Å². The minimum absolute atomic E-state index is 0. The smallest absolute Gasteiger partial charge is 0.211 e. The van der Waals surface area contributed by atoms with Gasteiger partial charge < -0.3 is 16.2 Å². The molecule has 0 spiro atoms. The van der Waals surface area contributed by atoms with Gasteiger partial charge >= 0.3 is 0 Å². The molecule has 0 amide bonds. The number of benzene rings is 2. The molecule has 0 saturated carbocycles. The van der Waals surface area contributed by atoms with Crippen LogP contribution in [0.5, 0.6) is 5.75 Å². The van der Waals surface area contributed by atoms with Crippen molar-refractivity contribution in [1.82, 2.24) is 0 Å². The lowest BCUT2D eigenvalue weighted by Gasteiger charge is -2.07. The van der Waals surface area contributed by atoms with Gasteiger partial charge in [-0.2, -0.15) is 5.10 Å². The van der Waals surface area contributed by atoms with Crippen molar-refractivity contribution in [1.29, 1.82) is 0 Å². The highest BCUT2D eigenvalue weighted by Crippen LogP contribution is 2.26. The summed E-state index contributed by atoms with van der Waals surface area (Å²) in [7, 11) is 1.61. The molecule has 0 aromatic heterocycles. The average molecular weight is 279 g/mol. The first-order chi connectivity index (χ1) is 8.72. The Bertz CT molecular complexity index is 621. The van der Waals surface area contributed by atoms with E-state index in [9.17, 15) is 0 Å². The van der Waals surface area contributed by atoms with Gasteiger partial charge in [0.25, 0.3) is 0 Å². The molecule has 0 radical (unpaired) electrons. The molecule has 0 unspecified atom stereocenters. The SMILES string of the molecule is COc1ccc2ccccc2c1C=NN=C(N)N.Cl. The molecule has 0 fully saturated rings. The molecule has 0 heterocycles. The summed E-state index contributed by atoms with van der Waals surface area (Å²) >= 11 is 0. The molecule has 0 bridgehead atoms. The first kappa shape index (κ1) is 14.8. The van der Waals surface area contributed by atoms with Crippen molar-refractivity contribution in [2.45, 2.75) is 0 Å². The highest BCUT2D eigenvalue weighted by atomic mass is 35.5. The Kier molecular flexibility index (Phi) is 5.14. The summed E-state index contributed by atoms with van der Waals surface area (Å²) in [5.41, 5.74) is 11.3. The third-order valence-corrected chi connectivity index (χ3v) is 2.51. The first-order valence-electron chi connectivity index (χ1n) is 5.40. The van der Waals surface area contributed by atoms with Gasteiger partial charge in [-0.25, -0.2) is 0 Å². The minimum Gasteiger partial charge on any atom is -0.496 e. The number of rotatable bonds is 3. The normalized spacial score (nSPS) is 10.2. The lowest BCUT2D eigenvalue weighted by Crippen LogP contribution is -2.21. The maximum absolute atomic E-state index is 5.31. The first-order valence-corrected chi connectivity index (χ1v) is 5.40. The summed E-state index contributed by atoms with van der Waals surface area (Å²) in [6.45, 7) is 0. The summed E-state index contributed by atoms with van der Waals surface area (Å²) in [4.78, 5) is 0. The fourth-order valence-electron chi connectivity index (χ4n) is 1.74. The molecule has 2 aromatic carbocycles. The molecule has 6 heteroatoms. The standard InChI is InChI=1S/C13H14N4O.ClH/c1-18-12-7-6-9-4-2-3-5-10(9)11(12)8-16-17-13(14)15;/h2-8H,1H3,(H4,14,15,17);1H.